The van der Waals surface area contributed by atoms with Gasteiger partial charge >= 0.3 is 23.7 Å². The molecule has 0 radical (unpaired) electrons. The highest BCUT2D eigenvalue weighted by Gasteiger charge is 2.52. The Morgan fingerprint density at radius 1 is 0.491 bits per heavy atom. The minimum absolute atomic E-state index is 0.0365. The van der Waals surface area contributed by atoms with Crippen LogP contribution >= 0.6 is 31.9 Å². The van der Waals surface area contributed by atoms with Gasteiger partial charge in [0, 0.05) is 156 Å². The van der Waals surface area contributed by atoms with Crippen LogP contribution in [0.3, 0.4) is 0 Å². The smallest absolute Gasteiger partial charge is 0.370 e. The zero-order chi connectivity index (χ0) is 75.9. The summed E-state index contributed by atoms with van der Waals surface area (Å²) in [6, 6.07) is 39.1. The number of alkyl halides is 6. The number of anilines is 2. The molecule has 0 unspecified atom stereocenters. The average Bonchev–Trinajstić information content (AvgIpc) is 1.42. The van der Waals surface area contributed by atoms with Crippen molar-refractivity contribution in [2.45, 2.75) is 77.6 Å². The van der Waals surface area contributed by atoms with Crippen LogP contribution in [-0.2, 0) is 51.6 Å². The molecule has 10 heterocycles. The molecule has 4 fully saturated rings. The van der Waals surface area contributed by atoms with Crippen LogP contribution in [0.1, 0.15) is 89.2 Å². The quantitative estimate of drug-likeness (QED) is 0.0969. The number of hydrogen-bond donors (Lipinski definition) is 2. The lowest BCUT2D eigenvalue weighted by atomic mass is 9.73. The lowest BCUT2D eigenvalue weighted by Crippen LogP contribution is -2.71. The van der Waals surface area contributed by atoms with E-state index >= 15 is 0 Å². The van der Waals surface area contributed by atoms with E-state index < -0.39 is 70.6 Å². The van der Waals surface area contributed by atoms with E-state index in [-0.39, 0.29) is 82.1 Å². The Hall–Kier alpha value is -10.6. The molecule has 4 amide bonds. The second-order valence-electron chi connectivity index (χ2n) is 29.0. The number of aromatic nitrogens is 8. The fraction of sp³-hybridized carbons (Fsp3) is 0.308. The van der Waals surface area contributed by atoms with E-state index in [1.165, 1.54) is 65.0 Å². The molecule has 6 aromatic carbocycles. The predicted molar refractivity (Wildman–Crippen MR) is 399 cm³/mol. The summed E-state index contributed by atoms with van der Waals surface area (Å²) >= 11 is 5.89. The van der Waals surface area contributed by atoms with E-state index in [2.05, 4.69) is 96.1 Å². The second-order valence-corrected chi connectivity index (χ2v) is 30.7. The van der Waals surface area contributed by atoms with E-state index in [4.69, 9.17) is 0 Å². The van der Waals surface area contributed by atoms with Crippen LogP contribution in [0, 0.1) is 10.8 Å². The highest BCUT2D eigenvalue weighted by atomic mass is 79.9. The molecule has 0 saturated carbocycles. The number of halogens is 8. The number of amides is 4. The van der Waals surface area contributed by atoms with Crippen molar-refractivity contribution < 1.29 is 45.5 Å². The third kappa shape index (κ3) is 13.9. The van der Waals surface area contributed by atoms with Gasteiger partial charge in [-0.1, -0.05) is 80.4 Å². The van der Waals surface area contributed by atoms with E-state index in [0.717, 1.165) is 98.1 Å². The second kappa shape index (κ2) is 28.5. The van der Waals surface area contributed by atoms with E-state index in [1.54, 1.807) is 38.4 Å². The van der Waals surface area contributed by atoms with Gasteiger partial charge < -0.3 is 40.0 Å². The normalized spacial score (nSPS) is 17.9. The maximum Gasteiger partial charge on any atom is 0.417 e. The SMILES string of the molecule is C[C@@H]1Cn2c(c(C(=O)NCc3ccccc3-c3ccncn3)n(-c3ccc(N4CC5(CN(C)C5)C4)cc3)c2=O)CN1C(=O)c1ccc(Br)c(C(F)(F)F)c1.C[C@H]1Cn2c(c(C(=O)NCc3ccccc3-c3ccncn3)n(-c3ccc(N4CC5(CN(C)C5)C4)cc3)c2=O)CN1C(=O)c1ccc(Br)c(C(F)(F)F)c1. The summed E-state index contributed by atoms with van der Waals surface area (Å²) in [7, 11) is 4.23. The van der Waals surface area contributed by atoms with Crippen LogP contribution in [0.4, 0.5) is 37.7 Å². The molecule has 2 N–H and O–H groups in total. The van der Waals surface area contributed by atoms with Crippen molar-refractivity contribution in [3.8, 4) is 33.9 Å². The van der Waals surface area contributed by atoms with Gasteiger partial charge in [-0.3, -0.25) is 37.4 Å². The third-order valence-corrected chi connectivity index (χ3v) is 22.6. The number of nitrogens with one attached hydrogen (secondary N) is 2. The molecule has 0 bridgehead atoms. The number of benzene rings is 6. The molecule has 30 heteroatoms. The minimum Gasteiger partial charge on any atom is -0.370 e. The van der Waals surface area contributed by atoms with Gasteiger partial charge in [-0.15, -0.1) is 0 Å². The van der Waals surface area contributed by atoms with Crippen molar-refractivity contribution in [1.82, 2.24) is 68.4 Å². The van der Waals surface area contributed by atoms with Crippen LogP contribution in [-0.4, -0.2) is 160 Å². The molecule has 10 aromatic rings. The lowest BCUT2D eigenvalue weighted by molar-refractivity contribution is -0.139. The van der Waals surface area contributed by atoms with Gasteiger partial charge in [0.1, 0.15) is 24.0 Å². The van der Waals surface area contributed by atoms with Crippen molar-refractivity contribution in [3.63, 3.8) is 0 Å². The Morgan fingerprint density at radius 3 is 1.19 bits per heavy atom. The molecule has 6 aliphatic rings. The van der Waals surface area contributed by atoms with Gasteiger partial charge in [0.15, 0.2) is 0 Å². The highest BCUT2D eigenvalue weighted by Crippen LogP contribution is 2.44. The number of fused-ring (bicyclic) bond motifs is 2. The van der Waals surface area contributed by atoms with Gasteiger partial charge in [-0.25, -0.2) is 29.5 Å². The molecule has 16 rings (SSSR count). The molecule has 108 heavy (non-hydrogen) atoms. The van der Waals surface area contributed by atoms with Crippen molar-refractivity contribution in [3.05, 3.63) is 257 Å². The van der Waals surface area contributed by atoms with Crippen molar-refractivity contribution in [2.24, 2.45) is 10.8 Å². The highest BCUT2D eigenvalue weighted by molar-refractivity contribution is 9.10. The maximum absolute atomic E-state index is 14.4. The van der Waals surface area contributed by atoms with Crippen LogP contribution in [0.15, 0.2) is 189 Å². The molecular formula is C78H72Br2F6N16O6. The number of nitrogens with zero attached hydrogens (tertiary/aromatic N) is 14. The summed E-state index contributed by atoms with van der Waals surface area (Å²) in [5.74, 6) is -2.39. The van der Waals surface area contributed by atoms with E-state index in [1.807, 2.05) is 97.1 Å². The van der Waals surface area contributed by atoms with Crippen LogP contribution in [0.2, 0.25) is 0 Å². The average molecular weight is 1600 g/mol. The zero-order valence-electron chi connectivity index (χ0n) is 59.0. The monoisotopic (exact) mass is 1600 g/mol. The van der Waals surface area contributed by atoms with Gasteiger partial charge in [0.05, 0.1) is 58.4 Å². The molecular weight excluding hydrogens is 1530 g/mol. The van der Waals surface area contributed by atoms with Gasteiger partial charge in [0.2, 0.25) is 0 Å². The Balaban J connectivity index is 0.000000172. The molecule has 4 aromatic heterocycles. The fourth-order valence-electron chi connectivity index (χ4n) is 16.2. The summed E-state index contributed by atoms with van der Waals surface area (Å²) in [6.07, 6.45) is -3.21. The fourth-order valence-corrected chi connectivity index (χ4v) is 17.1. The minimum atomic E-state index is -4.68. The third-order valence-electron chi connectivity index (χ3n) is 21.2. The van der Waals surface area contributed by atoms with Gasteiger partial charge in [-0.2, -0.15) is 26.3 Å². The van der Waals surface area contributed by atoms with Crippen LogP contribution < -0.4 is 31.8 Å². The lowest BCUT2D eigenvalue weighted by Gasteiger charge is -2.60. The largest absolute Gasteiger partial charge is 0.417 e. The molecule has 6 aliphatic heterocycles. The molecule has 556 valence electrons. The maximum atomic E-state index is 14.4. The molecule has 0 aliphatic carbocycles. The van der Waals surface area contributed by atoms with Crippen LogP contribution in [0.25, 0.3) is 33.9 Å². The van der Waals surface area contributed by atoms with Gasteiger partial charge in [-0.05, 0) is 136 Å². The first-order chi connectivity index (χ1) is 51.6. The molecule has 22 nitrogen and oxygen atoms in total. The summed E-state index contributed by atoms with van der Waals surface area (Å²) in [5.41, 5.74) is 5.64. The molecule has 2 atom stereocenters. The summed E-state index contributed by atoms with van der Waals surface area (Å²) in [4.78, 5) is 114. The van der Waals surface area contributed by atoms with E-state index in [9.17, 15) is 55.1 Å². The van der Waals surface area contributed by atoms with Crippen molar-refractivity contribution in [1.29, 1.82) is 0 Å². The number of hydrogen-bond acceptors (Lipinski definition) is 14. The first-order valence-electron chi connectivity index (χ1n) is 35.0. The Kier molecular flexibility index (Phi) is 19.3. The summed E-state index contributed by atoms with van der Waals surface area (Å²) in [6.45, 7) is 11.4. The first-order valence-corrected chi connectivity index (χ1v) is 36.6. The number of imidazole rings is 2. The summed E-state index contributed by atoms with van der Waals surface area (Å²) < 4.78 is 88.0. The van der Waals surface area contributed by atoms with E-state index in [0.29, 0.717) is 33.6 Å². The number of rotatable bonds is 14. The number of likely N-dealkylation sites (tertiary alicyclic amines) is 2. The molecule has 4 saturated heterocycles. The van der Waals surface area contributed by atoms with Crippen molar-refractivity contribution >= 4 is 66.9 Å². The Labute approximate surface area is 632 Å². The number of carbonyl (C=O) groups excluding carboxylic acids is 4. The predicted octanol–water partition coefficient (Wildman–Crippen LogP) is 11.2. The van der Waals surface area contributed by atoms with Gasteiger partial charge in [0.25, 0.3) is 23.6 Å². The molecule has 2 spiro atoms. The van der Waals surface area contributed by atoms with Crippen molar-refractivity contribution in [2.75, 3.05) is 76.3 Å². The Morgan fingerprint density at radius 2 is 0.852 bits per heavy atom. The topological polar surface area (TPSA) is 217 Å². The number of carbonyl (C=O) groups is 4. The Bertz CT molecular complexity index is 4950. The zero-order valence-corrected chi connectivity index (χ0v) is 62.1. The summed E-state index contributed by atoms with van der Waals surface area (Å²) in [5, 5.41) is 5.98. The van der Waals surface area contributed by atoms with Crippen LogP contribution in [0.5, 0.6) is 0 Å². The standard InChI is InChI=1S/2C39H36BrF3N8O3/c2*1-24-17-50-33(18-49(24)36(53)25-7-12-31(40)30(15-25)39(41,42)43)34(35(52)45-16-26-5-3-4-6-29(26)32-13-14-44-23-46-32)51(37(50)54)28-10-8-27(9-11-28)48-21-38(22-48)19-47(2)20-38/h2*3-15,23-24H,16-22H2,1-2H3,(H,45,52)/t2*24-/m10/s1. The first kappa shape index (κ1) is 73.0.